The third-order valence-corrected chi connectivity index (χ3v) is 4.91. The van der Waals surface area contributed by atoms with E-state index in [1.165, 1.54) is 0 Å². The summed E-state index contributed by atoms with van der Waals surface area (Å²) in [6.07, 6.45) is 3.45. The molecule has 1 heterocycles. The molecular formula is C25H22N2O2. The van der Waals surface area contributed by atoms with E-state index in [0.29, 0.717) is 17.9 Å². The summed E-state index contributed by atoms with van der Waals surface area (Å²) in [6, 6.07) is 25.3. The molecule has 0 saturated carbocycles. The van der Waals surface area contributed by atoms with Gasteiger partial charge in [0.2, 0.25) is 0 Å². The number of carbonyl (C=O) groups is 1. The van der Waals surface area contributed by atoms with E-state index in [9.17, 15) is 4.79 Å². The molecule has 29 heavy (non-hydrogen) atoms. The molecule has 0 unspecified atom stereocenters. The maximum absolute atomic E-state index is 13.0. The van der Waals surface area contributed by atoms with Crippen LogP contribution in [0.5, 0.6) is 5.75 Å². The summed E-state index contributed by atoms with van der Waals surface area (Å²) < 4.78 is 5.91. The number of nitrogens with one attached hydrogen (secondary N) is 1. The third-order valence-electron chi connectivity index (χ3n) is 4.91. The number of rotatable bonds is 6. The number of ether oxygens (including phenoxy) is 1. The molecule has 4 aromatic rings. The van der Waals surface area contributed by atoms with E-state index in [2.05, 4.69) is 34.6 Å². The highest BCUT2D eigenvalue weighted by Gasteiger charge is 2.17. The molecule has 0 saturated heterocycles. The highest BCUT2D eigenvalue weighted by molar-refractivity contribution is 5.97. The van der Waals surface area contributed by atoms with Gasteiger partial charge in [-0.3, -0.25) is 9.78 Å². The van der Waals surface area contributed by atoms with Crippen LogP contribution >= 0.6 is 0 Å². The van der Waals surface area contributed by atoms with Crippen LogP contribution < -0.4 is 10.1 Å². The van der Waals surface area contributed by atoms with Crippen LogP contribution in [0.25, 0.3) is 10.8 Å². The fraction of sp³-hybridized carbons (Fsp3) is 0.120. The minimum atomic E-state index is -0.157. The van der Waals surface area contributed by atoms with Crippen molar-refractivity contribution in [2.75, 3.05) is 0 Å². The summed E-state index contributed by atoms with van der Waals surface area (Å²) in [4.78, 5) is 17.0. The van der Waals surface area contributed by atoms with Crippen molar-refractivity contribution < 1.29 is 9.53 Å². The van der Waals surface area contributed by atoms with Gasteiger partial charge in [0.25, 0.3) is 5.91 Å². The smallest absolute Gasteiger partial charge is 0.255 e. The Morgan fingerprint density at radius 1 is 0.931 bits per heavy atom. The number of aromatic nitrogens is 1. The van der Waals surface area contributed by atoms with Crippen molar-refractivity contribution in [1.29, 1.82) is 0 Å². The first-order valence-corrected chi connectivity index (χ1v) is 9.61. The Balaban J connectivity index is 1.52. The lowest BCUT2D eigenvalue weighted by Crippen LogP contribution is -2.27. The molecule has 0 spiro atoms. The molecule has 0 aliphatic carbocycles. The average Bonchev–Trinajstić information content (AvgIpc) is 2.78. The van der Waals surface area contributed by atoms with Crippen LogP contribution in [0.3, 0.4) is 0 Å². The van der Waals surface area contributed by atoms with Gasteiger partial charge in [0.05, 0.1) is 11.6 Å². The lowest BCUT2D eigenvalue weighted by Gasteiger charge is -2.18. The SMILES string of the molecule is C[C@H](NC(=O)c1ccccc1OCc1ccncc1)c1cccc2ccccc12. The highest BCUT2D eigenvalue weighted by Crippen LogP contribution is 2.25. The van der Waals surface area contributed by atoms with Gasteiger partial charge in [0.1, 0.15) is 12.4 Å². The molecule has 0 fully saturated rings. The monoisotopic (exact) mass is 382 g/mol. The van der Waals surface area contributed by atoms with Crippen LogP contribution in [0.1, 0.15) is 34.5 Å². The van der Waals surface area contributed by atoms with Crippen LogP contribution in [0.2, 0.25) is 0 Å². The van der Waals surface area contributed by atoms with E-state index in [1.807, 2.05) is 55.5 Å². The van der Waals surface area contributed by atoms with E-state index in [1.54, 1.807) is 18.5 Å². The van der Waals surface area contributed by atoms with Crippen molar-refractivity contribution in [3.05, 3.63) is 108 Å². The normalized spacial score (nSPS) is 11.8. The van der Waals surface area contributed by atoms with Gasteiger partial charge in [0, 0.05) is 12.4 Å². The molecule has 1 amide bonds. The number of carbonyl (C=O) groups excluding carboxylic acids is 1. The number of fused-ring (bicyclic) bond motifs is 1. The van der Waals surface area contributed by atoms with Gasteiger partial charge in [-0.25, -0.2) is 0 Å². The van der Waals surface area contributed by atoms with E-state index in [-0.39, 0.29) is 11.9 Å². The van der Waals surface area contributed by atoms with Crippen molar-refractivity contribution in [2.45, 2.75) is 19.6 Å². The van der Waals surface area contributed by atoms with Crippen molar-refractivity contribution in [2.24, 2.45) is 0 Å². The van der Waals surface area contributed by atoms with Crippen LogP contribution in [0.15, 0.2) is 91.3 Å². The predicted molar refractivity (Wildman–Crippen MR) is 115 cm³/mol. The van der Waals surface area contributed by atoms with Crippen molar-refractivity contribution in [3.8, 4) is 5.75 Å². The number of nitrogens with zero attached hydrogens (tertiary/aromatic N) is 1. The zero-order valence-corrected chi connectivity index (χ0v) is 16.2. The summed E-state index contributed by atoms with van der Waals surface area (Å²) in [5, 5.41) is 5.42. The minimum Gasteiger partial charge on any atom is -0.488 e. The van der Waals surface area contributed by atoms with Gasteiger partial charge in [-0.05, 0) is 53.1 Å². The molecule has 1 aromatic heterocycles. The average molecular weight is 382 g/mol. The van der Waals surface area contributed by atoms with Crippen LogP contribution in [0, 0.1) is 0 Å². The second-order valence-corrected chi connectivity index (χ2v) is 6.90. The standard InChI is InChI=1S/C25H22N2O2/c1-18(21-11-6-8-20-7-2-3-9-22(20)21)27-25(28)23-10-4-5-12-24(23)29-17-19-13-15-26-16-14-19/h2-16,18H,17H2,1H3,(H,27,28)/t18-/m0/s1. The summed E-state index contributed by atoms with van der Waals surface area (Å²) in [7, 11) is 0. The van der Waals surface area contributed by atoms with Gasteiger partial charge in [-0.2, -0.15) is 0 Å². The Hall–Kier alpha value is -3.66. The Morgan fingerprint density at radius 2 is 1.66 bits per heavy atom. The van der Waals surface area contributed by atoms with Gasteiger partial charge in [-0.1, -0.05) is 54.6 Å². The number of hydrogen-bond donors (Lipinski definition) is 1. The fourth-order valence-corrected chi connectivity index (χ4v) is 3.40. The van der Waals surface area contributed by atoms with Gasteiger partial charge >= 0.3 is 0 Å². The molecule has 4 rings (SSSR count). The highest BCUT2D eigenvalue weighted by atomic mass is 16.5. The number of hydrogen-bond acceptors (Lipinski definition) is 3. The molecule has 0 aliphatic heterocycles. The lowest BCUT2D eigenvalue weighted by atomic mass is 9.99. The van der Waals surface area contributed by atoms with Crippen molar-refractivity contribution >= 4 is 16.7 Å². The van der Waals surface area contributed by atoms with E-state index >= 15 is 0 Å². The van der Waals surface area contributed by atoms with Crippen molar-refractivity contribution in [3.63, 3.8) is 0 Å². The zero-order chi connectivity index (χ0) is 20.1. The predicted octanol–water partition coefficient (Wildman–Crippen LogP) is 5.30. The first-order chi connectivity index (χ1) is 14.2. The topological polar surface area (TPSA) is 51.2 Å². The number of amides is 1. The lowest BCUT2D eigenvalue weighted by molar-refractivity contribution is 0.0935. The molecule has 144 valence electrons. The maximum Gasteiger partial charge on any atom is 0.255 e. The largest absolute Gasteiger partial charge is 0.488 e. The molecule has 4 heteroatoms. The summed E-state index contributed by atoms with van der Waals surface area (Å²) in [5.41, 5.74) is 2.61. The molecular weight excluding hydrogens is 360 g/mol. The molecule has 1 atom stereocenters. The van der Waals surface area contributed by atoms with Gasteiger partial charge in [0.15, 0.2) is 0 Å². The Kier molecular flexibility index (Phi) is 5.52. The Morgan fingerprint density at radius 3 is 2.52 bits per heavy atom. The van der Waals surface area contributed by atoms with Crippen molar-refractivity contribution in [1.82, 2.24) is 10.3 Å². The van der Waals surface area contributed by atoms with Crippen LogP contribution in [0.4, 0.5) is 0 Å². The zero-order valence-electron chi connectivity index (χ0n) is 16.2. The first kappa shape index (κ1) is 18.7. The number of para-hydroxylation sites is 1. The number of benzene rings is 3. The minimum absolute atomic E-state index is 0.137. The van der Waals surface area contributed by atoms with Gasteiger partial charge < -0.3 is 10.1 Å². The molecule has 1 N–H and O–H groups in total. The maximum atomic E-state index is 13.0. The van der Waals surface area contributed by atoms with E-state index in [0.717, 1.165) is 21.9 Å². The number of pyridine rings is 1. The Labute approximate surface area is 170 Å². The second kappa shape index (κ2) is 8.57. The quantitative estimate of drug-likeness (QED) is 0.492. The summed E-state index contributed by atoms with van der Waals surface area (Å²) in [6.45, 7) is 2.38. The Bertz CT molecular complexity index is 1120. The van der Waals surface area contributed by atoms with E-state index < -0.39 is 0 Å². The van der Waals surface area contributed by atoms with Crippen LogP contribution in [-0.4, -0.2) is 10.9 Å². The van der Waals surface area contributed by atoms with E-state index in [4.69, 9.17) is 4.74 Å². The molecule has 3 aromatic carbocycles. The molecule has 0 radical (unpaired) electrons. The third kappa shape index (κ3) is 4.27. The van der Waals surface area contributed by atoms with Gasteiger partial charge in [-0.15, -0.1) is 0 Å². The van der Waals surface area contributed by atoms with Crippen LogP contribution in [-0.2, 0) is 6.61 Å². The molecule has 0 bridgehead atoms. The molecule has 0 aliphatic rings. The summed E-state index contributed by atoms with van der Waals surface area (Å²) in [5.74, 6) is 0.405. The first-order valence-electron chi connectivity index (χ1n) is 9.61. The molecule has 4 nitrogen and oxygen atoms in total. The summed E-state index contributed by atoms with van der Waals surface area (Å²) >= 11 is 0. The fourth-order valence-electron chi connectivity index (χ4n) is 3.40. The second-order valence-electron chi connectivity index (χ2n) is 6.90.